The van der Waals surface area contributed by atoms with E-state index in [0.717, 1.165) is 57.9 Å². The summed E-state index contributed by atoms with van der Waals surface area (Å²) in [6, 6.07) is 16.0. The van der Waals surface area contributed by atoms with Crippen LogP contribution in [0.2, 0.25) is 0 Å². The predicted molar refractivity (Wildman–Crippen MR) is 177 cm³/mol. The zero-order valence-electron chi connectivity index (χ0n) is 25.5. The number of esters is 1. The van der Waals surface area contributed by atoms with E-state index in [0.29, 0.717) is 22.0 Å². The molecule has 0 radical (unpaired) electrons. The Morgan fingerprint density at radius 2 is 1.79 bits per heavy atom. The highest BCUT2D eigenvalue weighted by Crippen LogP contribution is 2.46. The van der Waals surface area contributed by atoms with Gasteiger partial charge in [0, 0.05) is 20.3 Å². The van der Waals surface area contributed by atoms with Gasteiger partial charge in [-0.1, -0.05) is 88.2 Å². The van der Waals surface area contributed by atoms with Crippen LogP contribution >= 0.6 is 27.3 Å². The van der Waals surface area contributed by atoms with Crippen LogP contribution in [0, 0.1) is 11.3 Å². The topological polar surface area (TPSA) is 68.3 Å². The van der Waals surface area contributed by atoms with Crippen LogP contribution in [0.25, 0.3) is 22.2 Å². The van der Waals surface area contributed by atoms with Gasteiger partial charge in [0.15, 0.2) is 0 Å². The molecule has 2 heterocycles. The van der Waals surface area contributed by atoms with Crippen LogP contribution in [0.15, 0.2) is 53.0 Å². The fourth-order valence-electron chi connectivity index (χ4n) is 5.79. The molecule has 1 N–H and O–H groups in total. The summed E-state index contributed by atoms with van der Waals surface area (Å²) >= 11 is 5.07. The maximum Gasteiger partial charge on any atom is 0.341 e. The first-order valence-electron chi connectivity index (χ1n) is 14.6. The van der Waals surface area contributed by atoms with Gasteiger partial charge in [-0.05, 0) is 71.4 Å². The minimum atomic E-state index is -0.405. The number of anilines is 1. The molecule has 0 saturated heterocycles. The molecule has 0 spiro atoms. The second-order valence-corrected chi connectivity index (χ2v) is 15.0. The zero-order valence-corrected chi connectivity index (χ0v) is 27.9. The van der Waals surface area contributed by atoms with Crippen molar-refractivity contribution in [3.63, 3.8) is 0 Å². The fraction of sp³-hybridized carbons (Fsp3) is 0.400. The Morgan fingerprint density at radius 1 is 1.07 bits per heavy atom. The Morgan fingerprint density at radius 3 is 2.43 bits per heavy atom. The molecule has 5 rings (SSSR count). The Labute approximate surface area is 261 Å². The number of fused-ring (bicyclic) bond motifs is 2. The second kappa shape index (κ2) is 11.6. The molecule has 4 aromatic rings. The summed E-state index contributed by atoms with van der Waals surface area (Å²) in [6.07, 6.45) is 3.82. The number of amides is 1. The normalized spacial score (nSPS) is 15.4. The van der Waals surface area contributed by atoms with Crippen LogP contribution in [-0.2, 0) is 23.0 Å². The molecule has 1 aliphatic rings. The lowest BCUT2D eigenvalue weighted by Crippen LogP contribution is -2.28. The first-order valence-corrected chi connectivity index (χ1v) is 16.2. The van der Waals surface area contributed by atoms with Gasteiger partial charge in [0.25, 0.3) is 5.91 Å². The molecule has 1 amide bonds. The van der Waals surface area contributed by atoms with Gasteiger partial charge in [-0.3, -0.25) is 4.79 Å². The average molecular weight is 648 g/mol. The highest BCUT2D eigenvalue weighted by molar-refractivity contribution is 9.10. The summed E-state index contributed by atoms with van der Waals surface area (Å²) in [7, 11) is 1.40. The van der Waals surface area contributed by atoms with Crippen molar-refractivity contribution in [2.24, 2.45) is 11.3 Å². The molecule has 0 bridgehead atoms. The quantitative estimate of drug-likeness (QED) is 0.212. The van der Waals surface area contributed by atoms with Crippen molar-refractivity contribution < 1.29 is 14.3 Å². The number of nitrogens with zero attached hydrogens (tertiary/aromatic N) is 1. The fourth-order valence-corrected chi connectivity index (χ4v) is 7.46. The molecule has 1 atom stereocenters. The second-order valence-electron chi connectivity index (χ2n) is 13.0. The molecule has 7 heteroatoms. The van der Waals surface area contributed by atoms with E-state index in [2.05, 4.69) is 87.1 Å². The van der Waals surface area contributed by atoms with E-state index in [9.17, 15) is 9.59 Å². The van der Waals surface area contributed by atoms with Gasteiger partial charge in [0.05, 0.1) is 29.4 Å². The molecule has 0 aliphatic heterocycles. The molecular formula is C35H39BrN2O3S. The zero-order chi connectivity index (χ0) is 30.4. The Kier molecular flexibility index (Phi) is 8.38. The third-order valence-corrected chi connectivity index (χ3v) is 10.6. The molecular weight excluding hydrogens is 608 g/mol. The number of methoxy groups -OCH3 is 1. The van der Waals surface area contributed by atoms with Crippen LogP contribution in [0.3, 0.4) is 0 Å². The number of carbonyl (C=O) groups excluding carboxylic acids is 2. The molecule has 2 aromatic heterocycles. The number of ether oxygens (including phenoxy) is 1. The molecule has 220 valence electrons. The lowest BCUT2D eigenvalue weighted by molar-refractivity contribution is 0.0600. The third-order valence-electron chi connectivity index (χ3n) is 8.96. The van der Waals surface area contributed by atoms with E-state index in [1.54, 1.807) is 0 Å². The Hall–Kier alpha value is -3.03. The molecule has 42 heavy (non-hydrogen) atoms. The van der Waals surface area contributed by atoms with E-state index in [1.807, 2.05) is 24.3 Å². The molecule has 0 unspecified atom stereocenters. The maximum atomic E-state index is 14.1. The van der Waals surface area contributed by atoms with E-state index in [4.69, 9.17) is 9.72 Å². The number of halogens is 1. The van der Waals surface area contributed by atoms with E-state index < -0.39 is 5.97 Å². The molecule has 0 fully saturated rings. The predicted octanol–water partition coefficient (Wildman–Crippen LogP) is 9.60. The summed E-state index contributed by atoms with van der Waals surface area (Å²) in [4.78, 5) is 33.2. The molecule has 5 nitrogen and oxygen atoms in total. The highest BCUT2D eigenvalue weighted by Gasteiger charge is 2.36. The maximum absolute atomic E-state index is 14.1. The van der Waals surface area contributed by atoms with Crippen molar-refractivity contribution >= 4 is 55.0 Å². The number of pyridine rings is 1. The summed E-state index contributed by atoms with van der Waals surface area (Å²) in [5.74, 6) is -0.156. The van der Waals surface area contributed by atoms with Crippen LogP contribution in [0.5, 0.6) is 0 Å². The Bertz CT molecular complexity index is 1660. The lowest BCUT2D eigenvalue weighted by Gasteiger charge is -2.36. The summed E-state index contributed by atoms with van der Waals surface area (Å²) in [5.41, 5.74) is 5.88. The molecule has 1 aliphatic carbocycles. The van der Waals surface area contributed by atoms with Crippen molar-refractivity contribution in [2.75, 3.05) is 12.4 Å². The Balaban J connectivity index is 1.56. The number of benzene rings is 2. The monoisotopic (exact) mass is 646 g/mol. The number of hydrogen-bond donors (Lipinski definition) is 1. The van der Waals surface area contributed by atoms with Gasteiger partial charge >= 0.3 is 5.97 Å². The van der Waals surface area contributed by atoms with Gasteiger partial charge in [0.1, 0.15) is 5.00 Å². The first kappa shape index (κ1) is 30.4. The number of aromatic nitrogens is 1. The van der Waals surface area contributed by atoms with Crippen molar-refractivity contribution in [3.8, 4) is 11.3 Å². The highest BCUT2D eigenvalue weighted by atomic mass is 79.9. The number of hydrogen-bond acceptors (Lipinski definition) is 5. The summed E-state index contributed by atoms with van der Waals surface area (Å²) in [5, 5.41) is 4.42. The molecule has 2 aromatic carbocycles. The van der Waals surface area contributed by atoms with Crippen molar-refractivity contribution in [2.45, 2.75) is 72.6 Å². The van der Waals surface area contributed by atoms with E-state index in [1.165, 1.54) is 28.9 Å². The van der Waals surface area contributed by atoms with E-state index >= 15 is 0 Å². The molecule has 0 saturated carbocycles. The van der Waals surface area contributed by atoms with Crippen molar-refractivity contribution in [1.82, 2.24) is 4.98 Å². The van der Waals surface area contributed by atoms with Gasteiger partial charge in [-0.25, -0.2) is 9.78 Å². The minimum absolute atomic E-state index is 0.0379. The van der Waals surface area contributed by atoms with Crippen LogP contribution in [-0.4, -0.2) is 24.0 Å². The third kappa shape index (κ3) is 5.91. The minimum Gasteiger partial charge on any atom is -0.465 e. The average Bonchev–Trinajstić information content (AvgIpc) is 3.32. The van der Waals surface area contributed by atoms with E-state index in [-0.39, 0.29) is 16.7 Å². The van der Waals surface area contributed by atoms with Crippen molar-refractivity contribution in [3.05, 3.63) is 80.1 Å². The van der Waals surface area contributed by atoms with Crippen LogP contribution in [0.4, 0.5) is 5.00 Å². The largest absolute Gasteiger partial charge is 0.465 e. The smallest absolute Gasteiger partial charge is 0.341 e. The summed E-state index contributed by atoms with van der Waals surface area (Å²) < 4.78 is 6.06. The van der Waals surface area contributed by atoms with Crippen molar-refractivity contribution in [1.29, 1.82) is 0 Å². The number of nitrogens with one attached hydrogen (secondary N) is 1. The van der Waals surface area contributed by atoms with Crippen LogP contribution in [0.1, 0.15) is 91.1 Å². The van der Waals surface area contributed by atoms with Gasteiger partial charge in [-0.2, -0.15) is 0 Å². The van der Waals surface area contributed by atoms with Gasteiger partial charge in [-0.15, -0.1) is 11.3 Å². The number of rotatable bonds is 6. The standard InChI is InChI=1S/C35H39BrN2O3S/c1-8-35(5,6)22-13-15-24-29(17-22)42-32(30(24)33(40)41-7)38-31(39)26-19-28(37-27-16-14-23(36)18-25(26)27)20-9-11-21(12-10-20)34(2,3)4/h9-12,14,16,18-19,22H,8,13,15,17H2,1-7H3,(H,38,39)/t22-/m0/s1. The first-order chi connectivity index (χ1) is 19.8. The lowest BCUT2D eigenvalue weighted by atomic mass is 9.69. The van der Waals surface area contributed by atoms with Gasteiger partial charge < -0.3 is 10.1 Å². The summed E-state index contributed by atoms with van der Waals surface area (Å²) in [6.45, 7) is 13.4. The number of thiophene rings is 1. The van der Waals surface area contributed by atoms with Gasteiger partial charge in [0.2, 0.25) is 0 Å². The van der Waals surface area contributed by atoms with Crippen LogP contribution < -0.4 is 5.32 Å². The SMILES string of the molecule is CCC(C)(C)[C@H]1CCc2c(sc(NC(=O)c3cc(-c4ccc(C(C)(C)C)cc4)nc4ccc(Br)cc34)c2C(=O)OC)C1. The number of carbonyl (C=O) groups is 2.